The summed E-state index contributed by atoms with van der Waals surface area (Å²) in [4.78, 5) is 9.53. The minimum Gasteiger partial charge on any atom is -0.237 e. The van der Waals surface area contributed by atoms with E-state index in [-0.39, 0.29) is 0 Å². The summed E-state index contributed by atoms with van der Waals surface area (Å²) in [7, 11) is 0. The first-order valence-corrected chi connectivity index (χ1v) is 18.5. The van der Waals surface area contributed by atoms with Gasteiger partial charge in [0.2, 0.25) is 0 Å². The summed E-state index contributed by atoms with van der Waals surface area (Å²) in [6.07, 6.45) is 3.66. The lowest BCUT2D eigenvalue weighted by Crippen LogP contribution is -1.94. The van der Waals surface area contributed by atoms with Gasteiger partial charge in [0.25, 0.3) is 0 Å². The van der Waals surface area contributed by atoms with Crippen LogP contribution in [0.4, 0.5) is 0 Å². The van der Waals surface area contributed by atoms with E-state index in [1.165, 1.54) is 87.2 Å². The van der Waals surface area contributed by atoms with Crippen LogP contribution >= 0.6 is 0 Å². The Bertz CT molecular complexity index is 3260. The van der Waals surface area contributed by atoms with Crippen LogP contribution in [0.15, 0.2) is 194 Å². The van der Waals surface area contributed by atoms with E-state index >= 15 is 0 Å². The second-order valence-electron chi connectivity index (χ2n) is 14.2. The molecule has 2 heteroatoms. The van der Waals surface area contributed by atoms with Gasteiger partial charge in [0.05, 0.1) is 0 Å². The van der Waals surface area contributed by atoms with Crippen LogP contribution in [0.25, 0.3) is 109 Å². The number of hydrogen-bond acceptors (Lipinski definition) is 2. The molecule has 0 amide bonds. The lowest BCUT2D eigenvalue weighted by atomic mass is 9.86. The van der Waals surface area contributed by atoms with Crippen molar-refractivity contribution in [1.29, 1.82) is 0 Å². The molecule has 0 atom stereocenters. The Morgan fingerprint density at radius 3 is 1.67 bits per heavy atom. The summed E-state index contributed by atoms with van der Waals surface area (Å²) >= 11 is 0. The summed E-state index contributed by atoms with van der Waals surface area (Å²) in [5.41, 5.74) is 8.29. The first-order valence-electron chi connectivity index (χ1n) is 18.5. The van der Waals surface area contributed by atoms with E-state index in [4.69, 9.17) is 9.97 Å². The van der Waals surface area contributed by atoms with Crippen LogP contribution in [-0.2, 0) is 0 Å². The predicted octanol–water partition coefficient (Wildman–Crippen LogP) is 14.1. The zero-order chi connectivity index (χ0) is 35.6. The fraction of sp³-hybridized carbons (Fsp3) is 0. The van der Waals surface area contributed by atoms with Gasteiger partial charge in [0.1, 0.15) is 0 Å². The molecule has 250 valence electrons. The van der Waals surface area contributed by atoms with Crippen molar-refractivity contribution in [1.82, 2.24) is 9.97 Å². The number of nitrogens with zero attached hydrogens (tertiary/aromatic N) is 2. The fourth-order valence-electron chi connectivity index (χ4n) is 8.57. The summed E-state index contributed by atoms with van der Waals surface area (Å²) in [6, 6.07) is 66.4. The van der Waals surface area contributed by atoms with Gasteiger partial charge in [-0.15, -0.1) is 0 Å². The Balaban J connectivity index is 1.09. The zero-order valence-electron chi connectivity index (χ0n) is 29.4. The molecule has 0 aliphatic heterocycles. The minimum atomic E-state index is 0.733. The van der Waals surface area contributed by atoms with Gasteiger partial charge >= 0.3 is 0 Å². The van der Waals surface area contributed by atoms with Gasteiger partial charge in [0.15, 0.2) is 5.82 Å². The SMILES string of the molecule is c1ccc(-c2ccc3c(-c4ccc5cc(-c6cccc7c6ccc6cc8ccccc8cc67)ccc5c4)c4ccccc4c(-c4ncccn4)c3c2)cc1. The highest BCUT2D eigenvalue weighted by atomic mass is 14.9. The molecular formula is C52H32N2. The van der Waals surface area contributed by atoms with Gasteiger partial charge in [0, 0.05) is 18.0 Å². The smallest absolute Gasteiger partial charge is 0.160 e. The summed E-state index contributed by atoms with van der Waals surface area (Å²) < 4.78 is 0. The van der Waals surface area contributed by atoms with Crippen molar-refractivity contribution in [3.05, 3.63) is 194 Å². The van der Waals surface area contributed by atoms with Crippen molar-refractivity contribution in [3.63, 3.8) is 0 Å². The maximum atomic E-state index is 4.76. The molecule has 11 rings (SSSR count). The highest BCUT2D eigenvalue weighted by Gasteiger charge is 2.19. The predicted molar refractivity (Wildman–Crippen MR) is 229 cm³/mol. The van der Waals surface area contributed by atoms with Crippen molar-refractivity contribution in [3.8, 4) is 44.8 Å². The molecule has 0 saturated carbocycles. The fourth-order valence-corrected chi connectivity index (χ4v) is 8.57. The Labute approximate surface area is 312 Å². The summed E-state index contributed by atoms with van der Waals surface area (Å²) in [5, 5.41) is 14.7. The number of rotatable bonds is 4. The van der Waals surface area contributed by atoms with Crippen molar-refractivity contribution < 1.29 is 0 Å². The Hall–Kier alpha value is -7.16. The molecule has 0 radical (unpaired) electrons. The molecule has 0 saturated heterocycles. The quantitative estimate of drug-likeness (QED) is 0.136. The largest absolute Gasteiger partial charge is 0.237 e. The van der Waals surface area contributed by atoms with Gasteiger partial charge in [-0.3, -0.25) is 0 Å². The molecule has 2 nitrogen and oxygen atoms in total. The van der Waals surface area contributed by atoms with Crippen LogP contribution in [0, 0.1) is 0 Å². The van der Waals surface area contributed by atoms with Gasteiger partial charge in [-0.2, -0.15) is 0 Å². The molecule has 0 aliphatic carbocycles. The van der Waals surface area contributed by atoms with E-state index < -0.39 is 0 Å². The van der Waals surface area contributed by atoms with Gasteiger partial charge < -0.3 is 0 Å². The molecule has 0 N–H and O–H groups in total. The van der Waals surface area contributed by atoms with Crippen LogP contribution in [0.5, 0.6) is 0 Å². The molecule has 1 heterocycles. The second kappa shape index (κ2) is 12.2. The first-order chi connectivity index (χ1) is 26.8. The van der Waals surface area contributed by atoms with Crippen LogP contribution < -0.4 is 0 Å². The molecule has 0 bridgehead atoms. The van der Waals surface area contributed by atoms with E-state index in [0.717, 1.165) is 22.2 Å². The lowest BCUT2D eigenvalue weighted by molar-refractivity contribution is 1.18. The molecule has 0 fully saturated rings. The maximum Gasteiger partial charge on any atom is 0.160 e. The molecule has 10 aromatic carbocycles. The second-order valence-corrected chi connectivity index (χ2v) is 14.2. The van der Waals surface area contributed by atoms with E-state index in [9.17, 15) is 0 Å². The third kappa shape index (κ3) is 4.88. The average molecular weight is 685 g/mol. The van der Waals surface area contributed by atoms with Gasteiger partial charge in [-0.05, 0) is 134 Å². The molecular weight excluding hydrogens is 653 g/mol. The Morgan fingerprint density at radius 2 is 0.852 bits per heavy atom. The number of benzene rings is 10. The third-order valence-corrected chi connectivity index (χ3v) is 11.1. The number of hydrogen-bond donors (Lipinski definition) is 0. The highest BCUT2D eigenvalue weighted by Crippen LogP contribution is 2.45. The van der Waals surface area contributed by atoms with Crippen molar-refractivity contribution in [2.45, 2.75) is 0 Å². The van der Waals surface area contributed by atoms with Crippen molar-refractivity contribution in [2.75, 3.05) is 0 Å². The average Bonchev–Trinajstić information content (AvgIpc) is 3.24. The van der Waals surface area contributed by atoms with E-state index in [1.807, 2.05) is 18.5 Å². The molecule has 11 aromatic rings. The highest BCUT2D eigenvalue weighted by molar-refractivity contribution is 6.22. The van der Waals surface area contributed by atoms with Gasteiger partial charge in [-0.25, -0.2) is 9.97 Å². The summed E-state index contributed by atoms with van der Waals surface area (Å²) in [5.74, 6) is 0.733. The lowest BCUT2D eigenvalue weighted by Gasteiger charge is -2.18. The minimum absolute atomic E-state index is 0.733. The molecule has 0 aliphatic rings. The summed E-state index contributed by atoms with van der Waals surface area (Å²) in [6.45, 7) is 0. The maximum absolute atomic E-state index is 4.76. The van der Waals surface area contributed by atoms with Gasteiger partial charge in [-0.1, -0.05) is 146 Å². The molecule has 0 unspecified atom stereocenters. The normalized spacial score (nSPS) is 11.7. The topological polar surface area (TPSA) is 25.8 Å². The van der Waals surface area contributed by atoms with Crippen molar-refractivity contribution in [2.24, 2.45) is 0 Å². The zero-order valence-corrected chi connectivity index (χ0v) is 29.4. The number of aromatic nitrogens is 2. The van der Waals surface area contributed by atoms with E-state index in [1.54, 1.807) is 0 Å². The van der Waals surface area contributed by atoms with Crippen molar-refractivity contribution >= 4 is 64.6 Å². The molecule has 0 spiro atoms. The first kappa shape index (κ1) is 30.5. The molecule has 54 heavy (non-hydrogen) atoms. The van der Waals surface area contributed by atoms with E-state index in [0.29, 0.717) is 0 Å². The van der Waals surface area contributed by atoms with Crippen LogP contribution in [0.1, 0.15) is 0 Å². The third-order valence-electron chi connectivity index (χ3n) is 11.1. The van der Waals surface area contributed by atoms with E-state index in [2.05, 4.69) is 176 Å². The van der Waals surface area contributed by atoms with Crippen LogP contribution in [0.3, 0.4) is 0 Å². The van der Waals surface area contributed by atoms with Crippen LogP contribution in [-0.4, -0.2) is 9.97 Å². The Morgan fingerprint density at radius 1 is 0.259 bits per heavy atom. The standard InChI is InChI=1S/C52H32N2/c1-2-10-33(11-3-1)38-22-25-47-49(32-38)51(52-53-26-9-27-54-52)46-15-7-6-14-45(46)50(47)41-21-19-36-29-39(20-18-37(36)30-41)42-16-8-17-43-44(42)24-23-40-28-34-12-4-5-13-35(34)31-48(40)43/h1-32H. The van der Waals surface area contributed by atoms with Crippen LogP contribution in [0.2, 0.25) is 0 Å². The number of fused-ring (bicyclic) bond motifs is 7. The Kier molecular flexibility index (Phi) is 6.90. The molecule has 1 aromatic heterocycles. The monoisotopic (exact) mass is 684 g/mol.